The highest BCUT2D eigenvalue weighted by Crippen LogP contribution is 2.20. The molecule has 78 valence electrons. The van der Waals surface area contributed by atoms with E-state index in [1.54, 1.807) is 24.7 Å². The smallest absolute Gasteiger partial charge is 0.208 e. The third-order valence-corrected chi connectivity index (χ3v) is 2.21. The number of aromatic nitrogens is 2. The number of hydrogen-bond acceptors (Lipinski definition) is 4. The number of nitrogens with zero attached hydrogens (tertiary/aromatic N) is 3. The molecule has 5 nitrogen and oxygen atoms in total. The second-order valence-corrected chi connectivity index (χ2v) is 3.15. The summed E-state index contributed by atoms with van der Waals surface area (Å²) in [6.45, 7) is 0. The van der Waals surface area contributed by atoms with Crippen molar-refractivity contribution in [2.45, 2.75) is 6.04 Å². The average molecular weight is 212 g/mol. The molecule has 2 aromatic rings. The van der Waals surface area contributed by atoms with Gasteiger partial charge in [0.2, 0.25) is 6.41 Å². The van der Waals surface area contributed by atoms with Gasteiger partial charge in [0.1, 0.15) is 6.04 Å². The minimum Gasteiger partial charge on any atom is -0.339 e. The van der Waals surface area contributed by atoms with E-state index in [9.17, 15) is 4.79 Å². The van der Waals surface area contributed by atoms with E-state index in [1.165, 1.54) is 0 Å². The molecule has 0 saturated heterocycles. The van der Waals surface area contributed by atoms with Crippen LogP contribution in [-0.2, 0) is 4.79 Å². The largest absolute Gasteiger partial charge is 0.339 e. The Balaban J connectivity index is 2.59. The van der Waals surface area contributed by atoms with E-state index in [0.717, 1.165) is 5.39 Å². The third-order valence-electron chi connectivity index (χ3n) is 2.21. The Bertz CT molecular complexity index is 556. The summed E-state index contributed by atoms with van der Waals surface area (Å²) >= 11 is 0. The van der Waals surface area contributed by atoms with Crippen molar-refractivity contribution in [1.29, 1.82) is 5.26 Å². The van der Waals surface area contributed by atoms with Crippen LogP contribution >= 0.6 is 0 Å². The molecule has 0 saturated carbocycles. The van der Waals surface area contributed by atoms with Crippen LogP contribution in [0.1, 0.15) is 11.6 Å². The summed E-state index contributed by atoms with van der Waals surface area (Å²) in [7, 11) is 0. The Kier molecular flexibility index (Phi) is 2.74. The first kappa shape index (κ1) is 10.1. The van der Waals surface area contributed by atoms with Crippen molar-refractivity contribution in [3.8, 4) is 6.07 Å². The zero-order valence-corrected chi connectivity index (χ0v) is 8.29. The maximum atomic E-state index is 10.4. The molecule has 1 atom stereocenters. The van der Waals surface area contributed by atoms with E-state index < -0.39 is 6.04 Å². The van der Waals surface area contributed by atoms with Crippen LogP contribution in [-0.4, -0.2) is 16.4 Å². The monoisotopic (exact) mass is 212 g/mol. The number of carbonyl (C=O) groups excluding carboxylic acids is 1. The van der Waals surface area contributed by atoms with Gasteiger partial charge in [0.25, 0.3) is 0 Å². The number of rotatable bonds is 3. The number of pyridine rings is 2. The van der Waals surface area contributed by atoms with Gasteiger partial charge < -0.3 is 5.32 Å². The highest BCUT2D eigenvalue weighted by Gasteiger charge is 2.13. The third kappa shape index (κ3) is 1.68. The van der Waals surface area contributed by atoms with Crippen LogP contribution in [0.25, 0.3) is 10.9 Å². The summed E-state index contributed by atoms with van der Waals surface area (Å²) in [5.41, 5.74) is 1.28. The van der Waals surface area contributed by atoms with Gasteiger partial charge in [-0.25, -0.2) is 0 Å². The van der Waals surface area contributed by atoms with Gasteiger partial charge in [-0.1, -0.05) is 0 Å². The van der Waals surface area contributed by atoms with Gasteiger partial charge >= 0.3 is 0 Å². The Morgan fingerprint density at radius 2 is 2.38 bits per heavy atom. The van der Waals surface area contributed by atoms with Crippen molar-refractivity contribution in [3.05, 3.63) is 36.3 Å². The zero-order valence-electron chi connectivity index (χ0n) is 8.29. The van der Waals surface area contributed by atoms with Crippen LogP contribution in [0, 0.1) is 11.3 Å². The molecule has 16 heavy (non-hydrogen) atoms. The highest BCUT2D eigenvalue weighted by molar-refractivity contribution is 5.81. The summed E-state index contributed by atoms with van der Waals surface area (Å²) in [6.07, 6.45) is 5.34. The predicted octanol–water partition coefficient (Wildman–Crippen LogP) is 0.940. The molecule has 1 amide bonds. The number of hydrogen-bond donors (Lipinski definition) is 1. The van der Waals surface area contributed by atoms with Crippen molar-refractivity contribution < 1.29 is 4.79 Å². The molecule has 2 rings (SSSR count). The Morgan fingerprint density at radius 1 is 1.50 bits per heavy atom. The minimum absolute atomic E-state index is 0.496. The van der Waals surface area contributed by atoms with Crippen molar-refractivity contribution in [3.63, 3.8) is 0 Å². The zero-order chi connectivity index (χ0) is 11.4. The maximum Gasteiger partial charge on any atom is 0.208 e. The van der Waals surface area contributed by atoms with E-state index in [4.69, 9.17) is 5.26 Å². The molecule has 0 aliphatic heterocycles. The van der Waals surface area contributed by atoms with Crippen LogP contribution in [0.4, 0.5) is 0 Å². The van der Waals surface area contributed by atoms with Crippen molar-refractivity contribution in [2.24, 2.45) is 0 Å². The van der Waals surface area contributed by atoms with Crippen molar-refractivity contribution in [1.82, 2.24) is 15.3 Å². The van der Waals surface area contributed by atoms with E-state index in [-0.39, 0.29) is 0 Å². The number of carbonyl (C=O) groups is 1. The number of fused-ring (bicyclic) bond motifs is 1. The second-order valence-electron chi connectivity index (χ2n) is 3.15. The first-order valence-electron chi connectivity index (χ1n) is 4.64. The molecule has 0 fully saturated rings. The lowest BCUT2D eigenvalue weighted by atomic mass is 10.1. The molecule has 0 spiro atoms. The summed E-state index contributed by atoms with van der Waals surface area (Å²) in [4.78, 5) is 18.6. The molecule has 0 aromatic carbocycles. The predicted molar refractivity (Wildman–Crippen MR) is 57.1 cm³/mol. The van der Waals surface area contributed by atoms with Gasteiger partial charge in [-0.15, -0.1) is 0 Å². The molecule has 0 aliphatic carbocycles. The topological polar surface area (TPSA) is 78.7 Å². The Labute approximate surface area is 91.8 Å². The molecule has 1 N–H and O–H groups in total. The van der Waals surface area contributed by atoms with Crippen LogP contribution < -0.4 is 5.32 Å². The quantitative estimate of drug-likeness (QED) is 0.768. The summed E-state index contributed by atoms with van der Waals surface area (Å²) < 4.78 is 0. The summed E-state index contributed by atoms with van der Waals surface area (Å²) in [6, 6.07) is 4.92. The van der Waals surface area contributed by atoms with E-state index in [1.807, 2.05) is 12.1 Å². The number of nitriles is 1. The van der Waals surface area contributed by atoms with Gasteiger partial charge in [0.05, 0.1) is 11.6 Å². The molecule has 0 aliphatic rings. The average Bonchev–Trinajstić information content (AvgIpc) is 2.35. The first-order chi connectivity index (χ1) is 7.86. The first-order valence-corrected chi connectivity index (χ1v) is 4.64. The van der Waals surface area contributed by atoms with Crippen LogP contribution in [0.15, 0.2) is 30.7 Å². The molecular formula is C11H8N4O. The van der Waals surface area contributed by atoms with Gasteiger partial charge in [-0.2, -0.15) is 5.26 Å². The second kappa shape index (κ2) is 4.36. The summed E-state index contributed by atoms with van der Waals surface area (Å²) in [5, 5.41) is 12.2. The number of amides is 1. The van der Waals surface area contributed by atoms with Gasteiger partial charge in [-0.3, -0.25) is 14.8 Å². The lowest BCUT2D eigenvalue weighted by Gasteiger charge is -2.09. The van der Waals surface area contributed by atoms with E-state index in [2.05, 4.69) is 15.3 Å². The van der Waals surface area contributed by atoms with Gasteiger partial charge in [0.15, 0.2) is 0 Å². The molecule has 1 unspecified atom stereocenters. The minimum atomic E-state index is -0.719. The Hall–Kier alpha value is -2.48. The lowest BCUT2D eigenvalue weighted by molar-refractivity contribution is -0.109. The fraction of sp³-hybridized carbons (Fsp3) is 0.0909. The molecule has 0 bridgehead atoms. The fourth-order valence-electron chi connectivity index (χ4n) is 1.50. The molecule has 5 heteroatoms. The van der Waals surface area contributed by atoms with Crippen molar-refractivity contribution >= 4 is 17.3 Å². The molecule has 2 aromatic heterocycles. The van der Waals surface area contributed by atoms with E-state index in [0.29, 0.717) is 17.5 Å². The lowest BCUT2D eigenvalue weighted by Crippen LogP contribution is -2.18. The van der Waals surface area contributed by atoms with Gasteiger partial charge in [-0.05, 0) is 12.1 Å². The molecule has 2 heterocycles. The van der Waals surface area contributed by atoms with Gasteiger partial charge in [0, 0.05) is 29.5 Å². The highest BCUT2D eigenvalue weighted by atomic mass is 16.1. The SMILES string of the molecule is N#CC(NC=O)c1cncc2cccnc12. The fourth-order valence-corrected chi connectivity index (χ4v) is 1.50. The normalized spacial score (nSPS) is 11.7. The van der Waals surface area contributed by atoms with Crippen molar-refractivity contribution in [2.75, 3.05) is 0 Å². The van der Waals surface area contributed by atoms with Crippen LogP contribution in [0.5, 0.6) is 0 Å². The molecular weight excluding hydrogens is 204 g/mol. The standard InChI is InChI=1S/C11H8N4O/c12-4-10(15-7-16)9-6-13-5-8-2-1-3-14-11(8)9/h1-3,5-7,10H,(H,15,16). The van der Waals surface area contributed by atoms with Crippen LogP contribution in [0.2, 0.25) is 0 Å². The maximum absolute atomic E-state index is 10.4. The Morgan fingerprint density at radius 3 is 3.12 bits per heavy atom. The summed E-state index contributed by atoms with van der Waals surface area (Å²) in [5.74, 6) is 0. The van der Waals surface area contributed by atoms with E-state index >= 15 is 0 Å². The molecule has 0 radical (unpaired) electrons. The number of nitrogens with one attached hydrogen (secondary N) is 1. The van der Waals surface area contributed by atoms with Crippen LogP contribution in [0.3, 0.4) is 0 Å².